The van der Waals surface area contributed by atoms with Gasteiger partial charge in [0.2, 0.25) is 0 Å². The number of nitrogens with zero attached hydrogens (tertiary/aromatic N) is 1. The molecule has 5 nitrogen and oxygen atoms in total. The number of hydrogen-bond donors (Lipinski definition) is 0. The molecule has 0 N–H and O–H groups in total. The number of esters is 2. The summed E-state index contributed by atoms with van der Waals surface area (Å²) in [5, 5.41) is 0. The second-order valence-electron chi connectivity index (χ2n) is 8.83. The van der Waals surface area contributed by atoms with E-state index < -0.39 is 18.0 Å². The van der Waals surface area contributed by atoms with Crippen LogP contribution < -0.4 is 4.90 Å². The van der Waals surface area contributed by atoms with Gasteiger partial charge in [-0.3, -0.25) is 0 Å². The minimum absolute atomic E-state index is 0.0605. The second kappa shape index (κ2) is 10.9. The van der Waals surface area contributed by atoms with Crippen LogP contribution in [0.25, 0.3) is 6.08 Å². The van der Waals surface area contributed by atoms with E-state index in [0.717, 1.165) is 16.8 Å². The van der Waals surface area contributed by atoms with E-state index in [-0.39, 0.29) is 24.3 Å². The van der Waals surface area contributed by atoms with Crippen LogP contribution in [-0.2, 0) is 24.5 Å². The van der Waals surface area contributed by atoms with Gasteiger partial charge in [-0.2, -0.15) is 0 Å². The Bertz CT molecular complexity index is 1160. The third-order valence-electron chi connectivity index (χ3n) is 5.33. The van der Waals surface area contributed by atoms with E-state index in [1.807, 2.05) is 48.6 Å². The molecule has 2 aromatic carbocycles. The predicted octanol–water partition coefficient (Wildman–Crippen LogP) is 5.25. The Hall–Kier alpha value is -3.78. The van der Waals surface area contributed by atoms with Gasteiger partial charge in [0.05, 0.1) is 25.0 Å². The van der Waals surface area contributed by atoms with E-state index in [0.29, 0.717) is 0 Å². The molecule has 0 spiro atoms. The Kier molecular flexibility index (Phi) is 7.96. The predicted molar refractivity (Wildman–Crippen MR) is 135 cm³/mol. The average Bonchev–Trinajstić information content (AvgIpc) is 2.81. The van der Waals surface area contributed by atoms with Crippen molar-refractivity contribution in [3.8, 4) is 11.8 Å². The number of anilines is 1. The Morgan fingerprint density at radius 1 is 1.00 bits per heavy atom. The summed E-state index contributed by atoms with van der Waals surface area (Å²) in [5.41, 5.74) is 3.91. The van der Waals surface area contributed by atoms with Crippen molar-refractivity contribution in [3.05, 3.63) is 83.1 Å². The lowest BCUT2D eigenvalue weighted by Gasteiger charge is -2.33. The summed E-state index contributed by atoms with van der Waals surface area (Å²) in [5.74, 6) is 5.26. The lowest BCUT2D eigenvalue weighted by atomic mass is 9.87. The van der Waals surface area contributed by atoms with Crippen molar-refractivity contribution in [2.75, 3.05) is 18.1 Å². The molecular weight excluding hydrogens is 426 g/mol. The van der Waals surface area contributed by atoms with Crippen molar-refractivity contribution in [2.24, 2.45) is 0 Å². The molecular formula is C29H31NO4. The summed E-state index contributed by atoms with van der Waals surface area (Å²) in [6.07, 6.45) is 5.07. The molecule has 1 atom stereocenters. The van der Waals surface area contributed by atoms with Gasteiger partial charge in [0.25, 0.3) is 0 Å². The first kappa shape index (κ1) is 24.9. The van der Waals surface area contributed by atoms with Crippen molar-refractivity contribution in [1.82, 2.24) is 0 Å². The highest BCUT2D eigenvalue weighted by molar-refractivity contribution is 6.01. The standard InChI is InChI=1S/C29H31NO4/c1-6-33-27(31)20-26(28(32)34-7-2)30-24(19-15-22-10-8-9-11-25(22)30)18-14-21-12-16-23(17-13-21)29(3,4)5/h8-13,15-17,19-20,24H,6-7H2,1-5H3/b26-20+. The van der Waals surface area contributed by atoms with Gasteiger partial charge < -0.3 is 14.4 Å². The van der Waals surface area contributed by atoms with Gasteiger partial charge in [-0.25, -0.2) is 9.59 Å². The van der Waals surface area contributed by atoms with E-state index >= 15 is 0 Å². The van der Waals surface area contributed by atoms with Crippen LogP contribution in [0.5, 0.6) is 0 Å². The number of fused-ring (bicyclic) bond motifs is 1. The van der Waals surface area contributed by atoms with E-state index in [9.17, 15) is 9.59 Å². The molecule has 1 unspecified atom stereocenters. The first-order valence-electron chi connectivity index (χ1n) is 11.5. The molecule has 0 bridgehead atoms. The summed E-state index contributed by atoms with van der Waals surface area (Å²) < 4.78 is 10.4. The van der Waals surface area contributed by atoms with E-state index in [1.54, 1.807) is 18.7 Å². The number of hydrogen-bond acceptors (Lipinski definition) is 5. The number of para-hydroxylation sites is 1. The maximum atomic E-state index is 12.9. The first-order chi connectivity index (χ1) is 16.2. The van der Waals surface area contributed by atoms with Crippen LogP contribution in [0, 0.1) is 11.8 Å². The summed E-state index contributed by atoms with van der Waals surface area (Å²) >= 11 is 0. The quantitative estimate of drug-likeness (QED) is 0.349. The highest BCUT2D eigenvalue weighted by atomic mass is 16.5. The lowest BCUT2D eigenvalue weighted by molar-refractivity contribution is -0.141. The zero-order chi connectivity index (χ0) is 24.7. The molecule has 34 heavy (non-hydrogen) atoms. The molecule has 1 heterocycles. The number of carbonyl (C=O) groups excluding carboxylic acids is 2. The Morgan fingerprint density at radius 2 is 1.68 bits per heavy atom. The molecule has 0 saturated carbocycles. The molecule has 0 fully saturated rings. The zero-order valence-corrected chi connectivity index (χ0v) is 20.4. The summed E-state index contributed by atoms with van der Waals surface area (Å²) in [4.78, 5) is 27.0. The monoisotopic (exact) mass is 457 g/mol. The van der Waals surface area contributed by atoms with Crippen molar-refractivity contribution in [1.29, 1.82) is 0 Å². The molecule has 5 heteroatoms. The lowest BCUT2D eigenvalue weighted by Crippen LogP contribution is -2.38. The number of benzene rings is 2. The van der Waals surface area contributed by atoms with Crippen molar-refractivity contribution in [3.63, 3.8) is 0 Å². The van der Waals surface area contributed by atoms with Crippen LogP contribution in [0.15, 0.2) is 66.4 Å². The highest BCUT2D eigenvalue weighted by Gasteiger charge is 2.30. The van der Waals surface area contributed by atoms with E-state index in [4.69, 9.17) is 9.47 Å². The molecule has 3 rings (SSSR count). The number of carbonyl (C=O) groups is 2. The molecule has 1 aliphatic rings. The topological polar surface area (TPSA) is 55.8 Å². The van der Waals surface area contributed by atoms with E-state index in [2.05, 4.69) is 44.7 Å². The number of rotatable bonds is 5. The molecule has 2 aromatic rings. The Balaban J connectivity index is 2.05. The van der Waals surface area contributed by atoms with Gasteiger partial charge in [0, 0.05) is 5.56 Å². The largest absolute Gasteiger partial charge is 0.463 e. The average molecular weight is 458 g/mol. The molecule has 0 saturated heterocycles. The van der Waals surface area contributed by atoms with Crippen LogP contribution in [0.2, 0.25) is 0 Å². The number of ether oxygens (including phenoxy) is 2. The fourth-order valence-electron chi connectivity index (χ4n) is 3.61. The molecule has 0 amide bonds. The van der Waals surface area contributed by atoms with Crippen molar-refractivity contribution >= 4 is 23.7 Å². The molecule has 176 valence electrons. The molecule has 0 aromatic heterocycles. The van der Waals surface area contributed by atoms with Gasteiger partial charge in [-0.15, -0.1) is 0 Å². The van der Waals surface area contributed by atoms with Gasteiger partial charge in [-0.1, -0.05) is 69.0 Å². The summed E-state index contributed by atoms with van der Waals surface area (Å²) in [6.45, 7) is 10.3. The highest BCUT2D eigenvalue weighted by Crippen LogP contribution is 2.32. The fraction of sp³-hybridized carbons (Fsp3) is 0.310. The van der Waals surface area contributed by atoms with Gasteiger partial charge in [0.15, 0.2) is 0 Å². The van der Waals surface area contributed by atoms with Crippen LogP contribution in [0.4, 0.5) is 5.69 Å². The van der Waals surface area contributed by atoms with Crippen LogP contribution >= 0.6 is 0 Å². The SMILES string of the molecule is CCOC(=O)/C=C(\C(=O)OCC)N1c2ccccc2C=CC1C#Cc1ccc(C(C)(C)C)cc1. The van der Waals surface area contributed by atoms with Gasteiger partial charge in [0.1, 0.15) is 11.7 Å². The van der Waals surface area contributed by atoms with Crippen LogP contribution in [-0.4, -0.2) is 31.2 Å². The minimum Gasteiger partial charge on any atom is -0.463 e. The molecule has 0 aliphatic carbocycles. The van der Waals surface area contributed by atoms with Crippen molar-refractivity contribution < 1.29 is 19.1 Å². The molecule has 0 radical (unpaired) electrons. The maximum absolute atomic E-state index is 12.9. The normalized spacial score (nSPS) is 15.1. The summed E-state index contributed by atoms with van der Waals surface area (Å²) in [6, 6.07) is 15.3. The van der Waals surface area contributed by atoms with E-state index in [1.165, 1.54) is 11.6 Å². The second-order valence-corrected chi connectivity index (χ2v) is 8.83. The zero-order valence-electron chi connectivity index (χ0n) is 20.4. The van der Waals surface area contributed by atoms with Crippen LogP contribution in [0.3, 0.4) is 0 Å². The van der Waals surface area contributed by atoms with Gasteiger partial charge >= 0.3 is 11.9 Å². The molecule has 1 aliphatic heterocycles. The van der Waals surface area contributed by atoms with Crippen LogP contribution in [0.1, 0.15) is 51.3 Å². The Labute approximate surface area is 202 Å². The van der Waals surface area contributed by atoms with Crippen molar-refractivity contribution in [2.45, 2.75) is 46.1 Å². The third-order valence-corrected chi connectivity index (χ3v) is 5.33. The van der Waals surface area contributed by atoms with Gasteiger partial charge in [-0.05, 0) is 54.7 Å². The first-order valence-corrected chi connectivity index (χ1v) is 11.5. The Morgan fingerprint density at radius 3 is 2.32 bits per heavy atom. The summed E-state index contributed by atoms with van der Waals surface area (Å²) in [7, 11) is 0. The maximum Gasteiger partial charge on any atom is 0.355 e. The smallest absolute Gasteiger partial charge is 0.355 e. The fourth-order valence-corrected chi connectivity index (χ4v) is 3.61. The third kappa shape index (κ3) is 5.96. The minimum atomic E-state index is -0.609.